The molecule has 1 fully saturated rings. The monoisotopic (exact) mass is 777 g/mol. The number of nitrogens with zero attached hydrogens (tertiary/aromatic N) is 2. The van der Waals surface area contributed by atoms with Gasteiger partial charge in [0, 0.05) is 29.4 Å². The molecule has 0 spiro atoms. The highest BCUT2D eigenvalue weighted by atomic mass is 32.2. The number of halogens is 6. The third-order valence-electron chi connectivity index (χ3n) is 8.57. The smallest absolute Gasteiger partial charge is 0.394 e. The van der Waals surface area contributed by atoms with Gasteiger partial charge >= 0.3 is 18.0 Å². The molecule has 2 heterocycles. The molecule has 2 aromatic carbocycles. The van der Waals surface area contributed by atoms with Crippen LogP contribution >= 0.6 is 23.5 Å². The highest BCUT2D eigenvalue weighted by Gasteiger charge is 2.43. The fourth-order valence-corrected chi connectivity index (χ4v) is 7.92. The second-order valence-corrected chi connectivity index (χ2v) is 15.7. The average Bonchev–Trinajstić information content (AvgIpc) is 3.35. The number of nitrogens with one attached hydrogen (secondary N) is 1. The number of rotatable bonds is 16. The molecule has 2 unspecified atom stereocenters. The van der Waals surface area contributed by atoms with Crippen LogP contribution in [-0.2, 0) is 33.4 Å². The van der Waals surface area contributed by atoms with Crippen LogP contribution in [0.15, 0.2) is 65.6 Å². The number of aliphatic hydroxyl groups is 3. The lowest BCUT2D eigenvalue weighted by Gasteiger charge is -2.27. The molecule has 4 N–H and O–H groups in total. The van der Waals surface area contributed by atoms with Gasteiger partial charge in [0.2, 0.25) is 5.91 Å². The van der Waals surface area contributed by atoms with Gasteiger partial charge in [-0.2, -0.15) is 54.9 Å². The first-order valence-electron chi connectivity index (χ1n) is 16.4. The number of benzene rings is 2. The van der Waals surface area contributed by atoms with Crippen molar-refractivity contribution in [1.29, 1.82) is 0 Å². The third kappa shape index (κ3) is 12.0. The number of hydrogen-bond acceptors (Lipinski definition) is 9. The van der Waals surface area contributed by atoms with Gasteiger partial charge in [0.15, 0.2) is 6.23 Å². The standard InChI is InChI=1S/C35H41F6N3O6S2/c1-33(2,17-28(46)42-27-12-15-44(32(49)43-27)31-30(48)29(47)26(18-45)50-31)14-11-25(52-20-22-5-9-24(10-6-22)35(39,40)41)13-16-51-19-21-3-7-23(8-4-21)34(36,37)38/h3-10,12,15,25-26,29-31,45,47-48H,11,13-14,16-20H2,1-2H3,(H,42,43,46,49)/t25-,26-,29?,30?,31-/m1/s1. The van der Waals surface area contributed by atoms with E-state index in [2.05, 4.69) is 10.3 Å². The van der Waals surface area contributed by atoms with E-state index in [1.165, 1.54) is 36.5 Å². The van der Waals surface area contributed by atoms with Gasteiger partial charge in [-0.3, -0.25) is 9.36 Å². The maximum atomic E-state index is 13.0. The molecule has 17 heteroatoms. The molecule has 0 radical (unpaired) electrons. The predicted molar refractivity (Wildman–Crippen MR) is 187 cm³/mol. The molecule has 1 amide bonds. The van der Waals surface area contributed by atoms with Crippen molar-refractivity contribution in [2.45, 2.75) is 93.2 Å². The Morgan fingerprint density at radius 3 is 2.00 bits per heavy atom. The van der Waals surface area contributed by atoms with E-state index in [0.717, 1.165) is 40.0 Å². The number of alkyl halides is 6. The van der Waals surface area contributed by atoms with Gasteiger partial charge in [-0.25, -0.2) is 4.79 Å². The van der Waals surface area contributed by atoms with Crippen molar-refractivity contribution < 1.29 is 51.2 Å². The van der Waals surface area contributed by atoms with Gasteiger partial charge in [0.25, 0.3) is 0 Å². The Morgan fingerprint density at radius 1 is 0.904 bits per heavy atom. The molecule has 1 aliphatic rings. The topological polar surface area (TPSA) is 134 Å². The summed E-state index contributed by atoms with van der Waals surface area (Å²) in [5, 5.41) is 32.2. The van der Waals surface area contributed by atoms with Crippen LogP contribution in [0.4, 0.5) is 32.2 Å². The summed E-state index contributed by atoms with van der Waals surface area (Å²) >= 11 is 3.16. The third-order valence-corrected chi connectivity index (χ3v) is 11.1. The van der Waals surface area contributed by atoms with Crippen LogP contribution in [0.25, 0.3) is 0 Å². The minimum Gasteiger partial charge on any atom is -0.394 e. The molecule has 5 atom stereocenters. The summed E-state index contributed by atoms with van der Waals surface area (Å²) in [6.07, 6.45) is -10.8. The molecule has 52 heavy (non-hydrogen) atoms. The number of aliphatic hydroxyl groups excluding tert-OH is 3. The van der Waals surface area contributed by atoms with Gasteiger partial charge in [-0.15, -0.1) is 0 Å². The fraction of sp³-hybridized carbons (Fsp3) is 0.514. The Balaban J connectivity index is 1.33. The number of carbonyl (C=O) groups is 1. The molecule has 1 aliphatic heterocycles. The fourth-order valence-electron chi connectivity index (χ4n) is 5.56. The van der Waals surface area contributed by atoms with Crippen LogP contribution in [-0.4, -0.2) is 66.7 Å². The number of carbonyl (C=O) groups excluding carboxylic acids is 1. The Labute approximate surface area is 305 Å². The average molecular weight is 778 g/mol. The van der Waals surface area contributed by atoms with Gasteiger partial charge in [0.1, 0.15) is 24.1 Å². The van der Waals surface area contributed by atoms with Gasteiger partial charge < -0.3 is 25.4 Å². The molecule has 0 aliphatic carbocycles. The van der Waals surface area contributed by atoms with Crippen molar-refractivity contribution in [1.82, 2.24) is 9.55 Å². The second kappa shape index (κ2) is 17.8. The normalized spacial score (nSPS) is 20.2. The first kappa shape index (κ1) is 41.7. The summed E-state index contributed by atoms with van der Waals surface area (Å²) in [6, 6.07) is 11.3. The van der Waals surface area contributed by atoms with Crippen molar-refractivity contribution >= 4 is 35.2 Å². The van der Waals surface area contributed by atoms with Crippen LogP contribution < -0.4 is 11.0 Å². The first-order valence-corrected chi connectivity index (χ1v) is 18.6. The van der Waals surface area contributed by atoms with E-state index in [-0.39, 0.29) is 17.5 Å². The lowest BCUT2D eigenvalue weighted by Crippen LogP contribution is -2.36. The SMILES string of the molecule is CC(C)(CC[C@H](CCSCc1ccc(C(F)(F)F)cc1)SCc1ccc(C(F)(F)F)cc1)CC(=O)Nc1ccn([C@@H]2O[C@H](CO)C(O)C2O)c(=O)n1. The summed E-state index contributed by atoms with van der Waals surface area (Å²) in [4.78, 5) is 29.5. The van der Waals surface area contributed by atoms with Crippen molar-refractivity contribution in [3.8, 4) is 0 Å². The zero-order chi connectivity index (χ0) is 38.3. The Morgan fingerprint density at radius 2 is 1.48 bits per heavy atom. The van der Waals surface area contributed by atoms with Crippen LogP contribution in [0.5, 0.6) is 0 Å². The number of hydrogen-bond donors (Lipinski definition) is 4. The number of anilines is 1. The molecular weight excluding hydrogens is 737 g/mol. The summed E-state index contributed by atoms with van der Waals surface area (Å²) < 4.78 is 84.1. The van der Waals surface area contributed by atoms with Crippen molar-refractivity contribution in [2.75, 3.05) is 17.7 Å². The summed E-state index contributed by atoms with van der Waals surface area (Å²) in [5.74, 6) is 1.24. The molecule has 0 saturated carbocycles. The number of amides is 1. The van der Waals surface area contributed by atoms with E-state index in [4.69, 9.17) is 4.74 Å². The highest BCUT2D eigenvalue weighted by Crippen LogP contribution is 2.35. The molecular formula is C35H41F6N3O6S2. The van der Waals surface area contributed by atoms with Gasteiger partial charge in [0.05, 0.1) is 17.7 Å². The number of ether oxygens (including phenoxy) is 1. The number of aromatic nitrogens is 2. The van der Waals surface area contributed by atoms with Gasteiger partial charge in [-0.05, 0) is 71.9 Å². The quantitative estimate of drug-likeness (QED) is 0.0932. The van der Waals surface area contributed by atoms with E-state index in [0.29, 0.717) is 36.5 Å². The van der Waals surface area contributed by atoms with Crippen molar-refractivity contribution in [3.63, 3.8) is 0 Å². The summed E-state index contributed by atoms with van der Waals surface area (Å²) in [7, 11) is 0. The van der Waals surface area contributed by atoms with Crippen LogP contribution in [0.2, 0.25) is 0 Å². The molecule has 4 rings (SSSR count). The number of thioether (sulfide) groups is 2. The lowest BCUT2D eigenvalue weighted by atomic mass is 9.83. The van der Waals surface area contributed by atoms with E-state index >= 15 is 0 Å². The van der Waals surface area contributed by atoms with Crippen molar-refractivity contribution in [3.05, 3.63) is 93.5 Å². The van der Waals surface area contributed by atoms with Crippen molar-refractivity contribution in [2.24, 2.45) is 5.41 Å². The molecule has 9 nitrogen and oxygen atoms in total. The molecule has 1 aromatic heterocycles. The zero-order valence-electron chi connectivity index (χ0n) is 28.4. The molecule has 1 saturated heterocycles. The Kier molecular flexibility index (Phi) is 14.3. The largest absolute Gasteiger partial charge is 0.416 e. The summed E-state index contributed by atoms with van der Waals surface area (Å²) in [6.45, 7) is 3.26. The highest BCUT2D eigenvalue weighted by molar-refractivity contribution is 7.99. The maximum Gasteiger partial charge on any atom is 0.416 e. The van der Waals surface area contributed by atoms with Crippen LogP contribution in [0.1, 0.15) is 68.0 Å². The minimum absolute atomic E-state index is 0.0242. The van der Waals surface area contributed by atoms with E-state index in [1.807, 2.05) is 13.8 Å². The van der Waals surface area contributed by atoms with E-state index in [9.17, 15) is 51.3 Å². The zero-order valence-corrected chi connectivity index (χ0v) is 30.0. The first-order chi connectivity index (χ1) is 24.4. The van der Waals surface area contributed by atoms with E-state index < -0.39 is 71.6 Å². The maximum absolute atomic E-state index is 13.0. The van der Waals surface area contributed by atoms with Gasteiger partial charge in [-0.1, -0.05) is 38.1 Å². The Bertz CT molecular complexity index is 1670. The summed E-state index contributed by atoms with van der Waals surface area (Å²) in [5.41, 5.74) is -1.31. The van der Waals surface area contributed by atoms with E-state index in [1.54, 1.807) is 23.5 Å². The van der Waals surface area contributed by atoms with Crippen LogP contribution in [0.3, 0.4) is 0 Å². The Hall–Kier alpha value is -3.09. The lowest BCUT2D eigenvalue weighted by molar-refractivity contribution is -0.138. The molecule has 286 valence electrons. The minimum atomic E-state index is -4.44. The van der Waals surface area contributed by atoms with Crippen LogP contribution in [0, 0.1) is 5.41 Å². The molecule has 3 aromatic rings. The molecule has 0 bridgehead atoms. The second-order valence-electron chi connectivity index (χ2n) is 13.3. The predicted octanol–water partition coefficient (Wildman–Crippen LogP) is 6.65.